The average molecular weight is 462 g/mol. The van der Waals surface area contributed by atoms with Crippen molar-refractivity contribution in [2.24, 2.45) is 0 Å². The van der Waals surface area contributed by atoms with Crippen molar-refractivity contribution in [3.05, 3.63) is 59.4 Å². The van der Waals surface area contributed by atoms with Crippen LogP contribution in [0.4, 0.5) is 4.39 Å². The van der Waals surface area contributed by atoms with Gasteiger partial charge in [0.05, 0.1) is 5.56 Å². The monoisotopic (exact) mass is 461 g/mol. The summed E-state index contributed by atoms with van der Waals surface area (Å²) in [6.45, 7) is 4.18. The molecule has 1 aliphatic heterocycles. The van der Waals surface area contributed by atoms with Gasteiger partial charge in [-0.25, -0.2) is 12.8 Å². The fraction of sp³-hybridized carbons (Fsp3) is 0.364. The van der Waals surface area contributed by atoms with E-state index in [1.54, 1.807) is 49.1 Å². The Bertz CT molecular complexity index is 1210. The van der Waals surface area contributed by atoms with Crippen molar-refractivity contribution < 1.29 is 26.5 Å². The fourth-order valence-corrected chi connectivity index (χ4v) is 5.57. The van der Waals surface area contributed by atoms with E-state index in [0.29, 0.717) is 42.3 Å². The Morgan fingerprint density at radius 3 is 2.47 bits per heavy atom. The zero-order chi connectivity index (χ0) is 22.9. The molecule has 1 aromatic carbocycles. The van der Waals surface area contributed by atoms with Gasteiger partial charge < -0.3 is 13.8 Å². The Kier molecular flexibility index (Phi) is 6.16. The maximum Gasteiger partial charge on any atom is 0.248 e. The number of piperazine rings is 1. The molecule has 0 unspecified atom stereocenters. The summed E-state index contributed by atoms with van der Waals surface area (Å²) >= 11 is 0. The molecule has 0 aliphatic carbocycles. The Morgan fingerprint density at radius 2 is 1.81 bits per heavy atom. The molecule has 0 spiro atoms. The lowest BCUT2D eigenvalue weighted by molar-refractivity contribution is -0.132. The summed E-state index contributed by atoms with van der Waals surface area (Å²) in [6, 6.07) is 9.78. The lowest BCUT2D eigenvalue weighted by atomic mass is 10.1. The quantitative estimate of drug-likeness (QED) is 0.560. The third-order valence-corrected chi connectivity index (χ3v) is 7.69. The largest absolute Gasteiger partial charge is 0.461 e. The Morgan fingerprint density at radius 1 is 1.09 bits per heavy atom. The second kappa shape index (κ2) is 8.87. The van der Waals surface area contributed by atoms with Gasteiger partial charge in [-0.05, 0) is 38.1 Å². The van der Waals surface area contributed by atoms with Crippen LogP contribution in [-0.2, 0) is 21.2 Å². The molecule has 8 nitrogen and oxygen atoms in total. The Hall–Kier alpha value is -2.98. The third-order valence-electron chi connectivity index (χ3n) is 5.54. The van der Waals surface area contributed by atoms with Gasteiger partial charge in [0.25, 0.3) is 0 Å². The summed E-state index contributed by atoms with van der Waals surface area (Å²) in [6.07, 6.45) is 0.603. The average Bonchev–Trinajstić information content (AvgIpc) is 3.38. The summed E-state index contributed by atoms with van der Waals surface area (Å²) in [7, 11) is -3.72. The number of benzene rings is 1. The molecule has 0 saturated carbocycles. The topological polar surface area (TPSA) is 96.9 Å². The Labute approximate surface area is 185 Å². The number of carbonyl (C=O) groups excluding carboxylic acids is 1. The van der Waals surface area contributed by atoms with Gasteiger partial charge in [-0.1, -0.05) is 17.3 Å². The highest BCUT2D eigenvalue weighted by molar-refractivity contribution is 7.89. The normalized spacial score (nSPS) is 15.3. The van der Waals surface area contributed by atoms with E-state index < -0.39 is 10.0 Å². The molecule has 10 heteroatoms. The minimum absolute atomic E-state index is 0.0803. The molecular formula is C22H24FN3O5S. The number of aryl methyl sites for hydroxylation is 3. The predicted octanol–water partition coefficient (Wildman–Crippen LogP) is 3.16. The highest BCUT2D eigenvalue weighted by atomic mass is 32.2. The molecule has 1 aliphatic rings. The van der Waals surface area contributed by atoms with Gasteiger partial charge in [0.2, 0.25) is 15.9 Å². The summed E-state index contributed by atoms with van der Waals surface area (Å²) < 4.78 is 51.8. The van der Waals surface area contributed by atoms with Crippen LogP contribution >= 0.6 is 0 Å². The van der Waals surface area contributed by atoms with Crippen LogP contribution in [0.25, 0.3) is 11.3 Å². The van der Waals surface area contributed by atoms with Crippen LogP contribution in [-0.4, -0.2) is 54.9 Å². The van der Waals surface area contributed by atoms with Crippen molar-refractivity contribution >= 4 is 15.9 Å². The highest BCUT2D eigenvalue weighted by Crippen LogP contribution is 2.26. The lowest BCUT2D eigenvalue weighted by Gasteiger charge is -2.34. The molecule has 0 atom stereocenters. The van der Waals surface area contributed by atoms with E-state index in [1.165, 1.54) is 10.4 Å². The smallest absolute Gasteiger partial charge is 0.248 e. The number of aromatic nitrogens is 1. The number of halogens is 1. The third kappa shape index (κ3) is 4.33. The Balaban J connectivity index is 1.32. The number of nitrogens with zero attached hydrogens (tertiary/aromatic N) is 3. The van der Waals surface area contributed by atoms with E-state index >= 15 is 0 Å². The highest BCUT2D eigenvalue weighted by Gasteiger charge is 2.34. The second-order valence-electron chi connectivity index (χ2n) is 7.68. The molecule has 0 radical (unpaired) electrons. The first-order chi connectivity index (χ1) is 15.3. The fourth-order valence-electron chi connectivity index (χ4n) is 3.86. The summed E-state index contributed by atoms with van der Waals surface area (Å²) in [5.41, 5.74) is 0.704. The van der Waals surface area contributed by atoms with Crippen LogP contribution in [0.5, 0.6) is 0 Å². The number of furan rings is 1. The zero-order valence-electron chi connectivity index (χ0n) is 17.9. The molecular weight excluding hydrogens is 437 g/mol. The van der Waals surface area contributed by atoms with Crippen molar-refractivity contribution in [1.82, 2.24) is 14.4 Å². The van der Waals surface area contributed by atoms with E-state index in [9.17, 15) is 17.6 Å². The van der Waals surface area contributed by atoms with Gasteiger partial charge in [-0.2, -0.15) is 4.31 Å². The van der Waals surface area contributed by atoms with Gasteiger partial charge >= 0.3 is 0 Å². The van der Waals surface area contributed by atoms with Crippen molar-refractivity contribution in [2.75, 3.05) is 26.2 Å². The standard InChI is InChI=1S/C22H24FN3O5S/c1-15-22(16(2)31-24-15)32(28,29)26-13-11-25(12-14-26)21(27)10-8-17-7-9-20(30-17)18-5-3-4-6-19(18)23/h3-7,9H,8,10-14H2,1-2H3. The van der Waals surface area contributed by atoms with Crippen LogP contribution in [0.1, 0.15) is 23.6 Å². The first-order valence-electron chi connectivity index (χ1n) is 10.3. The SMILES string of the molecule is Cc1noc(C)c1S(=O)(=O)N1CCN(C(=O)CCc2ccc(-c3ccccc3F)o2)CC1. The van der Waals surface area contributed by atoms with Crippen molar-refractivity contribution in [1.29, 1.82) is 0 Å². The predicted molar refractivity (Wildman–Crippen MR) is 114 cm³/mol. The van der Waals surface area contributed by atoms with Crippen LogP contribution in [0.3, 0.4) is 0 Å². The zero-order valence-corrected chi connectivity index (χ0v) is 18.7. The van der Waals surface area contributed by atoms with E-state index in [2.05, 4.69) is 5.16 Å². The maximum absolute atomic E-state index is 13.9. The first kappa shape index (κ1) is 22.2. The van der Waals surface area contributed by atoms with Crippen LogP contribution in [0.15, 0.2) is 50.2 Å². The van der Waals surface area contributed by atoms with Crippen molar-refractivity contribution in [3.8, 4) is 11.3 Å². The molecule has 4 rings (SSSR count). The second-order valence-corrected chi connectivity index (χ2v) is 9.56. The van der Waals surface area contributed by atoms with E-state index in [1.807, 2.05) is 0 Å². The molecule has 1 amide bonds. The van der Waals surface area contributed by atoms with E-state index in [0.717, 1.165) is 0 Å². The molecule has 3 aromatic rings. The van der Waals surface area contributed by atoms with Gasteiger partial charge in [0, 0.05) is 39.0 Å². The molecule has 1 saturated heterocycles. The molecule has 170 valence electrons. The number of carbonyl (C=O) groups is 1. The van der Waals surface area contributed by atoms with Crippen LogP contribution < -0.4 is 0 Å². The number of rotatable bonds is 6. The molecule has 0 bridgehead atoms. The van der Waals surface area contributed by atoms with Gasteiger partial charge in [0.15, 0.2) is 5.76 Å². The lowest BCUT2D eigenvalue weighted by Crippen LogP contribution is -2.50. The first-order valence-corrected chi connectivity index (χ1v) is 11.8. The summed E-state index contributed by atoms with van der Waals surface area (Å²) in [5.74, 6) is 0.825. The number of hydrogen-bond acceptors (Lipinski definition) is 6. The molecule has 3 heterocycles. The van der Waals surface area contributed by atoms with Crippen LogP contribution in [0, 0.1) is 19.7 Å². The van der Waals surface area contributed by atoms with Crippen molar-refractivity contribution in [2.45, 2.75) is 31.6 Å². The maximum atomic E-state index is 13.9. The van der Waals surface area contributed by atoms with Gasteiger partial charge in [0.1, 0.15) is 27.9 Å². The molecule has 0 N–H and O–H groups in total. The number of sulfonamides is 1. The van der Waals surface area contributed by atoms with Crippen molar-refractivity contribution in [3.63, 3.8) is 0 Å². The molecule has 1 fully saturated rings. The van der Waals surface area contributed by atoms with Crippen LogP contribution in [0.2, 0.25) is 0 Å². The summed E-state index contributed by atoms with van der Waals surface area (Å²) in [5, 5.41) is 3.72. The summed E-state index contributed by atoms with van der Waals surface area (Å²) in [4.78, 5) is 14.4. The van der Waals surface area contributed by atoms with E-state index in [-0.39, 0.29) is 41.9 Å². The van der Waals surface area contributed by atoms with Gasteiger partial charge in [-0.3, -0.25) is 4.79 Å². The van der Waals surface area contributed by atoms with E-state index in [4.69, 9.17) is 8.94 Å². The minimum Gasteiger partial charge on any atom is -0.461 e. The number of amides is 1. The number of hydrogen-bond donors (Lipinski definition) is 0. The minimum atomic E-state index is -3.72. The van der Waals surface area contributed by atoms with Gasteiger partial charge in [-0.15, -0.1) is 0 Å². The molecule has 32 heavy (non-hydrogen) atoms. The molecule has 2 aromatic heterocycles.